The third kappa shape index (κ3) is 4.05. The summed E-state index contributed by atoms with van der Waals surface area (Å²) in [6, 6.07) is 9.19. The molecule has 0 aliphatic rings. The Kier molecular flexibility index (Phi) is 5.81. The molecule has 0 saturated heterocycles. The highest BCUT2D eigenvalue weighted by Gasteiger charge is 2.14. The Morgan fingerprint density at radius 2 is 1.79 bits per heavy atom. The summed E-state index contributed by atoms with van der Waals surface area (Å²) in [5.41, 5.74) is 0.736. The van der Waals surface area contributed by atoms with Crippen molar-refractivity contribution in [2.24, 2.45) is 0 Å². The number of hydrogen-bond donors (Lipinski definition) is 2. The van der Waals surface area contributed by atoms with Crippen LogP contribution in [0.3, 0.4) is 0 Å². The van der Waals surface area contributed by atoms with Crippen molar-refractivity contribution in [3.63, 3.8) is 0 Å². The molecule has 0 saturated carbocycles. The monoisotopic (exact) mass is 393 g/mol. The lowest BCUT2D eigenvalue weighted by atomic mass is 10.1. The Hall–Kier alpha value is -2.54. The first-order chi connectivity index (χ1) is 11.5. The van der Waals surface area contributed by atoms with Crippen molar-refractivity contribution in [3.05, 3.63) is 52.0 Å². The highest BCUT2D eigenvalue weighted by Crippen LogP contribution is 2.28. The fourth-order valence-corrected chi connectivity index (χ4v) is 2.54. The summed E-state index contributed by atoms with van der Waals surface area (Å²) in [6.45, 7) is 2.39. The highest BCUT2D eigenvalue weighted by atomic mass is 79.9. The van der Waals surface area contributed by atoms with Gasteiger partial charge in [-0.2, -0.15) is 0 Å². The summed E-state index contributed by atoms with van der Waals surface area (Å²) in [6.07, 6.45) is 0. The molecule has 0 atom stereocenters. The number of halogens is 1. The standard InChI is InChI=1S/C17H16BrNO5/c1-3-24-14-6-4-10(8-12(14)18)16(20)19-13-9-11(17(21)22)5-7-15(13)23-2/h4-9H,3H2,1-2H3,(H,19,20)(H,21,22). The maximum atomic E-state index is 12.4. The second kappa shape index (κ2) is 7.83. The van der Waals surface area contributed by atoms with Crippen molar-refractivity contribution < 1.29 is 24.2 Å². The van der Waals surface area contributed by atoms with Crippen LogP contribution >= 0.6 is 15.9 Å². The molecule has 0 aliphatic carbocycles. The molecule has 0 fully saturated rings. The van der Waals surface area contributed by atoms with Gasteiger partial charge in [-0.1, -0.05) is 0 Å². The largest absolute Gasteiger partial charge is 0.495 e. The zero-order chi connectivity index (χ0) is 17.7. The molecule has 0 aromatic heterocycles. The molecule has 0 radical (unpaired) electrons. The number of benzene rings is 2. The molecular weight excluding hydrogens is 378 g/mol. The summed E-state index contributed by atoms with van der Waals surface area (Å²) in [5, 5.41) is 11.7. The van der Waals surface area contributed by atoms with E-state index in [2.05, 4.69) is 21.2 Å². The number of methoxy groups -OCH3 is 1. The van der Waals surface area contributed by atoms with Crippen LogP contribution in [-0.2, 0) is 0 Å². The van der Waals surface area contributed by atoms with Gasteiger partial charge < -0.3 is 19.9 Å². The molecule has 0 unspecified atom stereocenters. The minimum atomic E-state index is -1.09. The molecule has 1 amide bonds. The number of anilines is 1. The predicted molar refractivity (Wildman–Crippen MR) is 93.2 cm³/mol. The molecule has 2 aromatic carbocycles. The molecule has 7 heteroatoms. The number of ether oxygens (including phenoxy) is 2. The van der Waals surface area contributed by atoms with Gasteiger partial charge in [0.1, 0.15) is 11.5 Å². The quantitative estimate of drug-likeness (QED) is 0.779. The van der Waals surface area contributed by atoms with E-state index >= 15 is 0 Å². The van der Waals surface area contributed by atoms with Gasteiger partial charge >= 0.3 is 5.97 Å². The van der Waals surface area contributed by atoms with Crippen LogP contribution < -0.4 is 14.8 Å². The first-order valence-electron chi connectivity index (χ1n) is 7.11. The van der Waals surface area contributed by atoms with Crippen molar-refractivity contribution in [1.29, 1.82) is 0 Å². The Balaban J connectivity index is 2.27. The number of carboxylic acids is 1. The smallest absolute Gasteiger partial charge is 0.335 e. The maximum Gasteiger partial charge on any atom is 0.335 e. The molecule has 2 N–H and O–H groups in total. The Labute approximate surface area is 147 Å². The second-order valence-corrected chi connectivity index (χ2v) is 5.61. The molecular formula is C17H16BrNO5. The number of amides is 1. The van der Waals surface area contributed by atoms with Crippen molar-refractivity contribution in [3.8, 4) is 11.5 Å². The average molecular weight is 394 g/mol. The van der Waals surface area contributed by atoms with Gasteiger partial charge in [0.15, 0.2) is 0 Å². The van der Waals surface area contributed by atoms with E-state index in [4.69, 9.17) is 14.6 Å². The molecule has 2 rings (SSSR count). The number of carbonyl (C=O) groups is 2. The van der Waals surface area contributed by atoms with Gasteiger partial charge in [-0.15, -0.1) is 0 Å². The van der Waals surface area contributed by atoms with Gasteiger partial charge in [-0.25, -0.2) is 4.79 Å². The number of carbonyl (C=O) groups excluding carboxylic acids is 1. The Morgan fingerprint density at radius 1 is 1.12 bits per heavy atom. The van der Waals surface area contributed by atoms with Crippen LogP contribution in [0.2, 0.25) is 0 Å². The van der Waals surface area contributed by atoms with Gasteiger partial charge in [0.25, 0.3) is 5.91 Å². The van der Waals surface area contributed by atoms with Crippen LogP contribution in [0.25, 0.3) is 0 Å². The van der Waals surface area contributed by atoms with Gasteiger partial charge in [0, 0.05) is 5.56 Å². The van der Waals surface area contributed by atoms with E-state index in [1.165, 1.54) is 25.3 Å². The fraction of sp³-hybridized carbons (Fsp3) is 0.176. The third-order valence-electron chi connectivity index (χ3n) is 3.19. The molecule has 24 heavy (non-hydrogen) atoms. The van der Waals surface area contributed by atoms with Gasteiger partial charge in [-0.05, 0) is 59.3 Å². The Morgan fingerprint density at radius 3 is 2.38 bits per heavy atom. The third-order valence-corrected chi connectivity index (χ3v) is 3.81. The van der Waals surface area contributed by atoms with E-state index < -0.39 is 5.97 Å². The summed E-state index contributed by atoms with van der Waals surface area (Å²) in [5.74, 6) is -0.464. The first-order valence-corrected chi connectivity index (χ1v) is 7.90. The minimum absolute atomic E-state index is 0.0546. The van der Waals surface area contributed by atoms with Gasteiger partial charge in [-0.3, -0.25) is 4.79 Å². The van der Waals surface area contributed by atoms with Crippen molar-refractivity contribution in [2.45, 2.75) is 6.92 Å². The summed E-state index contributed by atoms with van der Waals surface area (Å²) in [4.78, 5) is 23.5. The van der Waals surface area contributed by atoms with E-state index in [-0.39, 0.29) is 17.2 Å². The topological polar surface area (TPSA) is 84.9 Å². The van der Waals surface area contributed by atoms with Crippen LogP contribution in [0.5, 0.6) is 11.5 Å². The van der Waals surface area contributed by atoms with Crippen molar-refractivity contribution >= 4 is 33.5 Å². The molecule has 0 spiro atoms. The van der Waals surface area contributed by atoms with Gasteiger partial charge in [0.05, 0.1) is 29.4 Å². The first kappa shape index (κ1) is 17.8. The van der Waals surface area contributed by atoms with E-state index in [9.17, 15) is 9.59 Å². The van der Waals surface area contributed by atoms with E-state index in [0.29, 0.717) is 28.1 Å². The summed E-state index contributed by atoms with van der Waals surface area (Å²) in [7, 11) is 1.44. The summed E-state index contributed by atoms with van der Waals surface area (Å²) < 4.78 is 11.2. The lowest BCUT2D eigenvalue weighted by Crippen LogP contribution is -2.13. The zero-order valence-electron chi connectivity index (χ0n) is 13.1. The van der Waals surface area contributed by atoms with Crippen LogP contribution in [0.1, 0.15) is 27.6 Å². The molecule has 0 aliphatic heterocycles. The van der Waals surface area contributed by atoms with E-state index in [0.717, 1.165) is 0 Å². The SMILES string of the molecule is CCOc1ccc(C(=O)Nc2cc(C(=O)O)ccc2OC)cc1Br. The molecule has 2 aromatic rings. The lowest BCUT2D eigenvalue weighted by Gasteiger charge is -2.12. The lowest BCUT2D eigenvalue weighted by molar-refractivity contribution is 0.0696. The number of nitrogens with one attached hydrogen (secondary N) is 1. The van der Waals surface area contributed by atoms with Gasteiger partial charge in [0.2, 0.25) is 0 Å². The number of aromatic carboxylic acids is 1. The Bertz CT molecular complexity index is 776. The van der Waals surface area contributed by atoms with Crippen LogP contribution in [0.15, 0.2) is 40.9 Å². The normalized spacial score (nSPS) is 10.1. The maximum absolute atomic E-state index is 12.4. The minimum Gasteiger partial charge on any atom is -0.495 e. The fourth-order valence-electron chi connectivity index (χ4n) is 2.05. The zero-order valence-corrected chi connectivity index (χ0v) is 14.7. The average Bonchev–Trinajstić information content (AvgIpc) is 2.56. The van der Waals surface area contributed by atoms with Crippen LogP contribution in [-0.4, -0.2) is 30.7 Å². The molecule has 6 nitrogen and oxygen atoms in total. The predicted octanol–water partition coefficient (Wildman–Crippen LogP) is 3.81. The molecule has 0 bridgehead atoms. The van der Waals surface area contributed by atoms with Crippen LogP contribution in [0, 0.1) is 0 Å². The van der Waals surface area contributed by atoms with Crippen molar-refractivity contribution in [1.82, 2.24) is 0 Å². The van der Waals surface area contributed by atoms with E-state index in [1.54, 1.807) is 18.2 Å². The number of carboxylic acid groups (broad SMARTS) is 1. The second-order valence-electron chi connectivity index (χ2n) is 4.75. The van der Waals surface area contributed by atoms with E-state index in [1.807, 2.05) is 6.92 Å². The molecule has 0 heterocycles. The van der Waals surface area contributed by atoms with Crippen molar-refractivity contribution in [2.75, 3.05) is 19.0 Å². The van der Waals surface area contributed by atoms with Crippen LogP contribution in [0.4, 0.5) is 5.69 Å². The molecule has 126 valence electrons. The highest BCUT2D eigenvalue weighted by molar-refractivity contribution is 9.10. The number of hydrogen-bond acceptors (Lipinski definition) is 4. The number of rotatable bonds is 6. The summed E-state index contributed by atoms with van der Waals surface area (Å²) >= 11 is 3.35.